The topological polar surface area (TPSA) is 57.5 Å². The van der Waals surface area contributed by atoms with Gasteiger partial charge in [0.05, 0.1) is 12.2 Å². The zero-order valence-electron chi connectivity index (χ0n) is 19.4. The van der Waals surface area contributed by atoms with Gasteiger partial charge in [0.2, 0.25) is 0 Å². The first-order valence-electron chi connectivity index (χ1n) is 12.4. The normalized spacial score (nSPS) is 40.2. The Balaban J connectivity index is 1.50. The van der Waals surface area contributed by atoms with Crippen LogP contribution in [0.2, 0.25) is 0 Å². The molecule has 0 aromatic heterocycles. The summed E-state index contributed by atoms with van der Waals surface area (Å²) in [5.74, 6) is 2.27. The van der Waals surface area contributed by atoms with Crippen molar-refractivity contribution in [3.05, 3.63) is 47.1 Å². The number of hydrogen-bond donors (Lipinski definition) is 2. The van der Waals surface area contributed by atoms with Crippen molar-refractivity contribution in [3.63, 3.8) is 0 Å². The number of aliphatic hydroxyl groups is 2. The second kappa shape index (κ2) is 9.19. The van der Waals surface area contributed by atoms with Gasteiger partial charge in [-0.3, -0.25) is 4.79 Å². The summed E-state index contributed by atoms with van der Waals surface area (Å²) < 4.78 is 0. The van der Waals surface area contributed by atoms with Crippen molar-refractivity contribution in [2.45, 2.75) is 96.7 Å². The molecule has 31 heavy (non-hydrogen) atoms. The predicted molar refractivity (Wildman–Crippen MR) is 125 cm³/mol. The van der Waals surface area contributed by atoms with Gasteiger partial charge in [0.1, 0.15) is 0 Å². The van der Waals surface area contributed by atoms with Gasteiger partial charge in [-0.2, -0.15) is 0 Å². The molecule has 2 N–H and O–H groups in total. The quantitative estimate of drug-likeness (QED) is 0.597. The lowest BCUT2D eigenvalue weighted by Gasteiger charge is -2.44. The maximum absolute atomic E-state index is 11.8. The van der Waals surface area contributed by atoms with Crippen LogP contribution in [0.25, 0.3) is 0 Å². The van der Waals surface area contributed by atoms with E-state index in [0.29, 0.717) is 41.8 Å². The lowest BCUT2D eigenvalue weighted by atomic mass is 9.60. The summed E-state index contributed by atoms with van der Waals surface area (Å²) in [6.45, 7) is 8.99. The molecule has 4 rings (SSSR count). The predicted octanol–water partition coefficient (Wildman–Crippen LogP) is 5.83. The average molecular weight is 425 g/mol. The van der Waals surface area contributed by atoms with E-state index in [1.165, 1.54) is 31.3 Å². The van der Waals surface area contributed by atoms with E-state index in [2.05, 4.69) is 32.6 Å². The molecule has 0 amide bonds. The maximum Gasteiger partial charge on any atom is 0.155 e. The number of fused-ring (bicyclic) bond motifs is 1. The van der Waals surface area contributed by atoms with Crippen molar-refractivity contribution in [3.8, 4) is 0 Å². The fraction of sp³-hybridized carbons (Fsp3) is 0.679. The fourth-order valence-corrected chi connectivity index (χ4v) is 7.26. The second-order valence-corrected chi connectivity index (χ2v) is 11.0. The van der Waals surface area contributed by atoms with Gasteiger partial charge in [-0.05, 0) is 98.2 Å². The monoisotopic (exact) mass is 424 g/mol. The van der Waals surface area contributed by atoms with Gasteiger partial charge in [-0.25, -0.2) is 0 Å². The SMILES string of the molecule is C=C1/C(=C\C=C2/CCC[C@@]3(C)C2CC[C@@H]3C(C)CC2=CC(=O)CCC2)C[C@@H](O)C[C@@H]1O. The Bertz CT molecular complexity index is 816. The number of allylic oxidation sites excluding steroid dienone is 5. The Morgan fingerprint density at radius 3 is 2.77 bits per heavy atom. The Morgan fingerprint density at radius 1 is 1.19 bits per heavy atom. The van der Waals surface area contributed by atoms with Gasteiger partial charge in [0, 0.05) is 12.8 Å². The molecule has 0 heterocycles. The van der Waals surface area contributed by atoms with E-state index in [-0.39, 0.29) is 0 Å². The van der Waals surface area contributed by atoms with E-state index in [1.54, 1.807) is 5.57 Å². The highest BCUT2D eigenvalue weighted by atomic mass is 16.3. The van der Waals surface area contributed by atoms with E-state index < -0.39 is 12.2 Å². The van der Waals surface area contributed by atoms with Crippen LogP contribution in [0, 0.1) is 23.2 Å². The Labute approximate surface area is 188 Å². The molecule has 3 nitrogen and oxygen atoms in total. The molecule has 0 aromatic rings. The van der Waals surface area contributed by atoms with Crippen LogP contribution in [-0.4, -0.2) is 28.2 Å². The minimum atomic E-state index is -0.622. The van der Waals surface area contributed by atoms with E-state index in [0.717, 1.165) is 43.3 Å². The molecule has 0 bridgehead atoms. The highest BCUT2D eigenvalue weighted by Gasteiger charge is 2.50. The molecular weight excluding hydrogens is 384 g/mol. The third kappa shape index (κ3) is 4.68. The van der Waals surface area contributed by atoms with Crippen LogP contribution in [0.1, 0.15) is 84.5 Å². The van der Waals surface area contributed by atoms with Crippen LogP contribution < -0.4 is 0 Å². The van der Waals surface area contributed by atoms with E-state index in [4.69, 9.17) is 0 Å². The molecule has 3 fully saturated rings. The summed E-state index contributed by atoms with van der Waals surface area (Å²) in [5, 5.41) is 20.2. The molecule has 0 radical (unpaired) electrons. The summed E-state index contributed by atoms with van der Waals surface area (Å²) in [4.78, 5) is 11.8. The summed E-state index contributed by atoms with van der Waals surface area (Å²) in [7, 11) is 0. The van der Waals surface area contributed by atoms with Crippen molar-refractivity contribution in [1.29, 1.82) is 0 Å². The van der Waals surface area contributed by atoms with E-state index in [1.807, 2.05) is 6.08 Å². The standard InChI is InChI=1S/C28H40O3/c1-18(14-20-6-4-8-23(29)15-20)25-11-12-26-21(7-5-13-28(25,26)3)9-10-22-16-24(30)17-27(31)19(22)2/h9-10,15,18,24-27,30-31H,2,4-8,11-14,16-17H2,1,3H3/b21-9+,22-10-/t18?,24-,25-,26?,27+,28-/m1/s1. The molecule has 170 valence electrons. The van der Waals surface area contributed by atoms with Crippen molar-refractivity contribution in [2.75, 3.05) is 0 Å². The minimum absolute atomic E-state index is 0.319. The van der Waals surface area contributed by atoms with Crippen molar-refractivity contribution >= 4 is 5.78 Å². The summed E-state index contributed by atoms with van der Waals surface area (Å²) in [6, 6.07) is 0. The van der Waals surface area contributed by atoms with Gasteiger partial charge < -0.3 is 10.2 Å². The summed E-state index contributed by atoms with van der Waals surface area (Å²) in [6.07, 6.45) is 16.4. The maximum atomic E-state index is 11.8. The van der Waals surface area contributed by atoms with E-state index in [9.17, 15) is 15.0 Å². The Morgan fingerprint density at radius 2 is 2.00 bits per heavy atom. The third-order valence-corrected chi connectivity index (χ3v) is 8.86. The molecule has 6 atom stereocenters. The largest absolute Gasteiger partial charge is 0.393 e. The Kier molecular flexibility index (Phi) is 6.74. The van der Waals surface area contributed by atoms with Crippen molar-refractivity contribution < 1.29 is 15.0 Å². The summed E-state index contributed by atoms with van der Waals surface area (Å²) >= 11 is 0. The number of carbonyl (C=O) groups excluding carboxylic acids is 1. The fourth-order valence-electron chi connectivity index (χ4n) is 7.26. The second-order valence-electron chi connectivity index (χ2n) is 11.0. The van der Waals surface area contributed by atoms with Crippen molar-refractivity contribution in [2.24, 2.45) is 23.2 Å². The molecule has 0 aliphatic heterocycles. The summed E-state index contributed by atoms with van der Waals surface area (Å²) in [5.41, 5.74) is 5.03. The number of aliphatic hydroxyl groups excluding tert-OH is 2. The van der Waals surface area contributed by atoms with Crippen LogP contribution in [0.15, 0.2) is 47.1 Å². The average Bonchev–Trinajstić information content (AvgIpc) is 3.07. The van der Waals surface area contributed by atoms with Crippen LogP contribution in [0.5, 0.6) is 0 Å². The Hall–Kier alpha value is -1.45. The number of hydrogen-bond acceptors (Lipinski definition) is 3. The molecular formula is C28H40O3. The zero-order chi connectivity index (χ0) is 22.2. The first-order valence-corrected chi connectivity index (χ1v) is 12.4. The van der Waals surface area contributed by atoms with E-state index >= 15 is 0 Å². The molecule has 3 saturated carbocycles. The number of ketones is 1. The zero-order valence-corrected chi connectivity index (χ0v) is 19.4. The lowest BCUT2D eigenvalue weighted by Crippen LogP contribution is -2.36. The molecule has 0 saturated heterocycles. The van der Waals surface area contributed by atoms with Gasteiger partial charge >= 0.3 is 0 Å². The van der Waals surface area contributed by atoms with Gasteiger partial charge in [0.15, 0.2) is 5.78 Å². The molecule has 4 aliphatic rings. The molecule has 2 unspecified atom stereocenters. The first-order chi connectivity index (χ1) is 14.8. The molecule has 4 aliphatic carbocycles. The molecule has 0 aromatic carbocycles. The van der Waals surface area contributed by atoms with Crippen LogP contribution in [0.3, 0.4) is 0 Å². The minimum Gasteiger partial charge on any atom is -0.393 e. The highest BCUT2D eigenvalue weighted by molar-refractivity contribution is 5.91. The van der Waals surface area contributed by atoms with Crippen LogP contribution in [0.4, 0.5) is 0 Å². The first kappa shape index (κ1) is 22.7. The lowest BCUT2D eigenvalue weighted by molar-refractivity contribution is -0.115. The molecule has 0 spiro atoms. The molecule has 3 heteroatoms. The third-order valence-electron chi connectivity index (χ3n) is 8.86. The van der Waals surface area contributed by atoms with Crippen molar-refractivity contribution in [1.82, 2.24) is 0 Å². The van der Waals surface area contributed by atoms with Gasteiger partial charge in [0.25, 0.3) is 0 Å². The van der Waals surface area contributed by atoms with Crippen LogP contribution in [-0.2, 0) is 4.79 Å². The van der Waals surface area contributed by atoms with Gasteiger partial charge in [-0.1, -0.05) is 43.7 Å². The number of carbonyl (C=O) groups is 1. The van der Waals surface area contributed by atoms with Gasteiger partial charge in [-0.15, -0.1) is 0 Å². The van der Waals surface area contributed by atoms with Crippen LogP contribution >= 0.6 is 0 Å². The number of rotatable bonds is 4. The highest BCUT2D eigenvalue weighted by Crippen LogP contribution is 2.60. The smallest absolute Gasteiger partial charge is 0.155 e.